The van der Waals surface area contributed by atoms with Gasteiger partial charge in [0.15, 0.2) is 0 Å². The molecule has 7 heteroatoms. The van der Waals surface area contributed by atoms with Gasteiger partial charge in [0.25, 0.3) is 5.91 Å². The van der Waals surface area contributed by atoms with Gasteiger partial charge in [-0.3, -0.25) is 9.59 Å². The second-order valence-corrected chi connectivity index (χ2v) is 4.89. The minimum absolute atomic E-state index is 0.126. The number of hydrogen-bond acceptors (Lipinski definition) is 2. The molecule has 0 aromatic heterocycles. The number of hydrogen-bond donors (Lipinski definition) is 1. The van der Waals surface area contributed by atoms with Crippen molar-refractivity contribution >= 4 is 11.9 Å². The minimum Gasteiger partial charge on any atom is -0.480 e. The third kappa shape index (κ3) is 5.75. The molecule has 4 nitrogen and oxygen atoms in total. The number of benzene rings is 1. The minimum atomic E-state index is -4.31. The van der Waals surface area contributed by atoms with E-state index in [1.54, 1.807) is 19.1 Å². The summed E-state index contributed by atoms with van der Waals surface area (Å²) < 4.78 is 37.1. The summed E-state index contributed by atoms with van der Waals surface area (Å²) in [6.45, 7) is 1.55. The summed E-state index contributed by atoms with van der Waals surface area (Å²) in [5.41, 5.74) is 0.401. The van der Waals surface area contributed by atoms with Crippen molar-refractivity contribution in [3.63, 3.8) is 0 Å². The van der Waals surface area contributed by atoms with Crippen molar-refractivity contribution in [2.45, 2.75) is 32.4 Å². The molecule has 1 amide bonds. The molecule has 0 fully saturated rings. The number of halogens is 3. The molecular formula is C15H18F3NO3. The Balaban J connectivity index is 2.98. The van der Waals surface area contributed by atoms with Gasteiger partial charge in [-0.1, -0.05) is 25.1 Å². The molecule has 0 aliphatic carbocycles. The fraction of sp³-hybridized carbons (Fsp3) is 0.467. The Hall–Kier alpha value is -2.05. The van der Waals surface area contributed by atoms with Gasteiger partial charge >= 0.3 is 12.1 Å². The second kappa shape index (κ2) is 7.82. The highest BCUT2D eigenvalue weighted by atomic mass is 19.4. The second-order valence-electron chi connectivity index (χ2n) is 4.89. The summed E-state index contributed by atoms with van der Waals surface area (Å²) in [6.07, 6.45) is -5.08. The molecular weight excluding hydrogens is 299 g/mol. The largest absolute Gasteiger partial charge is 0.480 e. The molecule has 0 aliphatic heterocycles. The lowest BCUT2D eigenvalue weighted by molar-refractivity contribution is -0.137. The fourth-order valence-corrected chi connectivity index (χ4v) is 2.08. The average molecular weight is 317 g/mol. The molecule has 22 heavy (non-hydrogen) atoms. The van der Waals surface area contributed by atoms with Crippen LogP contribution < -0.4 is 0 Å². The summed E-state index contributed by atoms with van der Waals surface area (Å²) in [5.74, 6) is -1.71. The third-order valence-corrected chi connectivity index (χ3v) is 3.03. The normalized spacial score (nSPS) is 11.3. The quantitative estimate of drug-likeness (QED) is 0.840. The number of nitrogens with zero attached hydrogens (tertiary/aromatic N) is 1. The van der Waals surface area contributed by atoms with Crippen molar-refractivity contribution in [1.29, 1.82) is 0 Å². The van der Waals surface area contributed by atoms with E-state index < -0.39 is 31.0 Å². The first kappa shape index (κ1) is 18.0. The van der Waals surface area contributed by atoms with Gasteiger partial charge in [-0.25, -0.2) is 0 Å². The molecule has 0 saturated heterocycles. The monoisotopic (exact) mass is 317 g/mol. The maximum Gasteiger partial charge on any atom is 0.389 e. The van der Waals surface area contributed by atoms with E-state index in [9.17, 15) is 22.8 Å². The van der Waals surface area contributed by atoms with Gasteiger partial charge in [0.2, 0.25) is 0 Å². The number of aliphatic carboxylic acids is 1. The van der Waals surface area contributed by atoms with Gasteiger partial charge in [-0.15, -0.1) is 0 Å². The van der Waals surface area contributed by atoms with Crippen molar-refractivity contribution in [3.05, 3.63) is 35.4 Å². The van der Waals surface area contributed by atoms with Crippen LogP contribution in [0.5, 0.6) is 0 Å². The number of rotatable bonds is 7. The van der Waals surface area contributed by atoms with Crippen LogP contribution in [0, 0.1) is 0 Å². The van der Waals surface area contributed by atoms with Gasteiger partial charge in [-0.05, 0) is 24.5 Å². The standard InChI is InChI=1S/C15H18F3NO3/c1-2-9-19(10-13(20)21)14(22)12-6-4-3-5-11(12)7-8-15(16,17)18/h3-6H,2,7-10H2,1H3,(H,20,21). The van der Waals surface area contributed by atoms with Gasteiger partial charge < -0.3 is 10.0 Å². The zero-order valence-electron chi connectivity index (χ0n) is 12.2. The predicted molar refractivity (Wildman–Crippen MR) is 74.6 cm³/mol. The van der Waals surface area contributed by atoms with Gasteiger partial charge in [0, 0.05) is 18.5 Å². The smallest absolute Gasteiger partial charge is 0.389 e. The highest BCUT2D eigenvalue weighted by molar-refractivity contribution is 5.97. The summed E-state index contributed by atoms with van der Waals surface area (Å²) in [4.78, 5) is 24.4. The molecule has 0 spiro atoms. The van der Waals surface area contributed by atoms with Crippen LogP contribution in [0.25, 0.3) is 0 Å². The predicted octanol–water partition coefficient (Wildman–Crippen LogP) is 3.12. The van der Waals surface area contributed by atoms with Crippen LogP contribution in [-0.4, -0.2) is 41.1 Å². The first-order valence-corrected chi connectivity index (χ1v) is 6.90. The van der Waals surface area contributed by atoms with Crippen LogP contribution in [0.3, 0.4) is 0 Å². The molecule has 1 aromatic rings. The van der Waals surface area contributed by atoms with E-state index in [4.69, 9.17) is 5.11 Å². The van der Waals surface area contributed by atoms with Crippen LogP contribution in [0.15, 0.2) is 24.3 Å². The van der Waals surface area contributed by atoms with Gasteiger partial charge in [0.05, 0.1) is 0 Å². The van der Waals surface area contributed by atoms with Gasteiger partial charge in [0.1, 0.15) is 6.54 Å². The Morgan fingerprint density at radius 2 is 1.86 bits per heavy atom. The average Bonchev–Trinajstić information content (AvgIpc) is 2.43. The van der Waals surface area contributed by atoms with Crippen molar-refractivity contribution < 1.29 is 27.9 Å². The molecule has 1 rings (SSSR count). The van der Waals surface area contributed by atoms with Crippen LogP contribution in [0.1, 0.15) is 35.7 Å². The van der Waals surface area contributed by atoms with Gasteiger partial charge in [-0.2, -0.15) is 13.2 Å². The molecule has 0 heterocycles. The van der Waals surface area contributed by atoms with E-state index in [-0.39, 0.29) is 24.1 Å². The Morgan fingerprint density at radius 1 is 1.23 bits per heavy atom. The lowest BCUT2D eigenvalue weighted by Crippen LogP contribution is -2.36. The van der Waals surface area contributed by atoms with Crippen molar-refractivity contribution in [1.82, 2.24) is 4.90 Å². The topological polar surface area (TPSA) is 57.6 Å². The van der Waals surface area contributed by atoms with Crippen molar-refractivity contribution in [3.8, 4) is 0 Å². The third-order valence-electron chi connectivity index (χ3n) is 3.03. The molecule has 0 aliphatic rings. The molecule has 0 radical (unpaired) electrons. The highest BCUT2D eigenvalue weighted by Gasteiger charge is 2.28. The van der Waals surface area contributed by atoms with Crippen LogP contribution >= 0.6 is 0 Å². The van der Waals surface area contributed by atoms with Crippen LogP contribution in [-0.2, 0) is 11.2 Å². The molecule has 0 bridgehead atoms. The van der Waals surface area contributed by atoms with E-state index in [0.29, 0.717) is 6.42 Å². The van der Waals surface area contributed by atoms with E-state index in [1.165, 1.54) is 12.1 Å². The Kier molecular flexibility index (Phi) is 6.39. The number of carbonyl (C=O) groups is 2. The Labute approximate surface area is 126 Å². The summed E-state index contributed by atoms with van der Waals surface area (Å²) in [5, 5.41) is 8.84. The van der Waals surface area contributed by atoms with E-state index >= 15 is 0 Å². The van der Waals surface area contributed by atoms with Crippen LogP contribution in [0.2, 0.25) is 0 Å². The van der Waals surface area contributed by atoms with Crippen molar-refractivity contribution in [2.24, 2.45) is 0 Å². The summed E-state index contributed by atoms with van der Waals surface area (Å²) in [7, 11) is 0. The Bertz CT molecular complexity index is 529. The van der Waals surface area contributed by atoms with E-state index in [1.807, 2.05) is 0 Å². The summed E-state index contributed by atoms with van der Waals surface area (Å²) in [6, 6.07) is 6.00. The first-order chi connectivity index (χ1) is 10.2. The molecule has 1 N–H and O–H groups in total. The maximum absolute atomic E-state index is 12.4. The number of carboxylic acid groups (broad SMARTS) is 1. The fourth-order valence-electron chi connectivity index (χ4n) is 2.08. The molecule has 1 aromatic carbocycles. The number of alkyl halides is 3. The number of carbonyl (C=O) groups excluding carboxylic acids is 1. The summed E-state index contributed by atoms with van der Waals surface area (Å²) >= 11 is 0. The lowest BCUT2D eigenvalue weighted by Gasteiger charge is -2.21. The van der Waals surface area contributed by atoms with Crippen LogP contribution in [0.4, 0.5) is 13.2 Å². The van der Waals surface area contributed by atoms with E-state index in [2.05, 4.69) is 0 Å². The Morgan fingerprint density at radius 3 is 2.41 bits per heavy atom. The molecule has 0 atom stereocenters. The SMILES string of the molecule is CCCN(CC(=O)O)C(=O)c1ccccc1CCC(F)(F)F. The number of carboxylic acids is 1. The zero-order chi connectivity index (χ0) is 16.8. The molecule has 122 valence electrons. The maximum atomic E-state index is 12.4. The lowest BCUT2D eigenvalue weighted by atomic mass is 10.0. The first-order valence-electron chi connectivity index (χ1n) is 6.90. The zero-order valence-corrected chi connectivity index (χ0v) is 12.2. The number of aryl methyl sites for hydroxylation is 1. The molecule has 0 saturated carbocycles. The highest BCUT2D eigenvalue weighted by Crippen LogP contribution is 2.24. The van der Waals surface area contributed by atoms with E-state index in [0.717, 1.165) is 4.90 Å². The molecule has 0 unspecified atom stereocenters. The van der Waals surface area contributed by atoms with Crippen molar-refractivity contribution in [2.75, 3.05) is 13.1 Å². The number of amides is 1.